The van der Waals surface area contributed by atoms with E-state index in [1.165, 1.54) is 0 Å². The van der Waals surface area contributed by atoms with Crippen molar-refractivity contribution >= 4 is 28.5 Å². The minimum atomic E-state index is -0.262. The van der Waals surface area contributed by atoms with Crippen molar-refractivity contribution in [3.05, 3.63) is 34.8 Å². The molecule has 16 heavy (non-hydrogen) atoms. The summed E-state index contributed by atoms with van der Waals surface area (Å²) in [5, 5.41) is 8.28. The van der Waals surface area contributed by atoms with Crippen molar-refractivity contribution in [2.75, 3.05) is 0 Å². The van der Waals surface area contributed by atoms with Crippen molar-refractivity contribution < 1.29 is 4.79 Å². The van der Waals surface area contributed by atoms with Gasteiger partial charge in [-0.3, -0.25) is 4.79 Å². The van der Waals surface area contributed by atoms with Gasteiger partial charge in [0.2, 0.25) is 5.91 Å². The highest BCUT2D eigenvalue weighted by molar-refractivity contribution is 9.10. The van der Waals surface area contributed by atoms with Crippen LogP contribution in [0.15, 0.2) is 34.8 Å². The van der Waals surface area contributed by atoms with Crippen molar-refractivity contribution in [2.45, 2.75) is 12.6 Å². The van der Waals surface area contributed by atoms with Crippen molar-refractivity contribution in [1.82, 2.24) is 0 Å². The molecule has 2 rings (SSSR count). The van der Waals surface area contributed by atoms with E-state index >= 15 is 0 Å². The van der Waals surface area contributed by atoms with Crippen molar-refractivity contribution in [3.63, 3.8) is 0 Å². The normalized spacial score (nSPS) is 14.1. The van der Waals surface area contributed by atoms with E-state index in [4.69, 9.17) is 11.0 Å². The number of nitrogens with two attached hydrogens (primary N) is 1. The van der Waals surface area contributed by atoms with Crippen molar-refractivity contribution in [1.29, 1.82) is 5.26 Å². The van der Waals surface area contributed by atoms with E-state index in [2.05, 4.69) is 21.9 Å². The monoisotopic (exact) mass is 278 g/mol. The van der Waals surface area contributed by atoms with Crippen LogP contribution in [0, 0.1) is 17.1 Å². The van der Waals surface area contributed by atoms with E-state index in [9.17, 15) is 4.79 Å². The number of nitriles is 1. The second kappa shape index (κ2) is 6.34. The fraction of sp³-hybridized carbons (Fsp3) is 0.273. The van der Waals surface area contributed by atoms with E-state index < -0.39 is 0 Å². The third-order valence-corrected chi connectivity index (χ3v) is 2.98. The van der Waals surface area contributed by atoms with Gasteiger partial charge in [-0.15, -0.1) is 0 Å². The number of benzene rings is 1. The van der Waals surface area contributed by atoms with Crippen LogP contribution in [-0.2, 0) is 4.79 Å². The maximum absolute atomic E-state index is 10.4. The number of hydrogen-bond acceptors (Lipinski definition) is 2. The summed E-state index contributed by atoms with van der Waals surface area (Å²) in [5.41, 5.74) is 4.97. The van der Waals surface area contributed by atoms with Gasteiger partial charge in [0.05, 0.1) is 0 Å². The highest BCUT2D eigenvalue weighted by Gasteiger charge is 2.36. The van der Waals surface area contributed by atoms with Crippen LogP contribution in [0.2, 0.25) is 12.6 Å². The number of primary amides is 1. The first-order valence-electron chi connectivity index (χ1n) is 5.03. The first-order valence-corrected chi connectivity index (χ1v) is 5.82. The lowest BCUT2D eigenvalue weighted by molar-refractivity contribution is -0.121. The number of hydrogen-bond donors (Lipinski definition) is 1. The Morgan fingerprint density at radius 1 is 1.44 bits per heavy atom. The van der Waals surface area contributed by atoms with Gasteiger partial charge in [-0.1, -0.05) is 34.1 Å². The molecule has 0 bridgehead atoms. The summed E-state index contributed by atoms with van der Waals surface area (Å²) in [5.74, 6) is 1.80. The second-order valence-corrected chi connectivity index (χ2v) is 4.61. The zero-order chi connectivity index (χ0) is 12.0. The standard InChI is InChI=1S/C6H5Br.C5H7BN2O/c7-6-4-2-1-3-5-6;7-3-6-1-4(2-6)5(8)9/h1-5H;4H,1-2H2,(H2,8,9). The molecule has 1 aliphatic heterocycles. The molecule has 1 amide bonds. The predicted molar refractivity (Wildman–Crippen MR) is 67.8 cm³/mol. The maximum atomic E-state index is 10.4. The molecule has 82 valence electrons. The fourth-order valence-electron chi connectivity index (χ4n) is 1.37. The summed E-state index contributed by atoms with van der Waals surface area (Å²) in [7, 11) is 0. The maximum Gasteiger partial charge on any atom is 0.269 e. The molecule has 1 fully saturated rings. The Morgan fingerprint density at radius 3 is 2.31 bits per heavy atom. The fourth-order valence-corrected chi connectivity index (χ4v) is 1.68. The Labute approximate surface area is 104 Å². The molecule has 3 nitrogen and oxygen atoms in total. The molecule has 0 unspecified atom stereocenters. The van der Waals surface area contributed by atoms with Crippen LogP contribution in [0.25, 0.3) is 0 Å². The summed E-state index contributed by atoms with van der Waals surface area (Å²) in [4.78, 5) is 10.4. The highest BCUT2D eigenvalue weighted by Crippen LogP contribution is 2.27. The van der Waals surface area contributed by atoms with Crippen LogP contribution in [0.1, 0.15) is 0 Å². The molecular formula is C11H12BBrN2O. The topological polar surface area (TPSA) is 66.9 Å². The van der Waals surface area contributed by atoms with Crippen molar-refractivity contribution in [2.24, 2.45) is 11.7 Å². The van der Waals surface area contributed by atoms with E-state index in [1.807, 2.05) is 30.3 Å². The quantitative estimate of drug-likeness (QED) is 0.800. The van der Waals surface area contributed by atoms with Crippen LogP contribution < -0.4 is 5.73 Å². The average Bonchev–Trinajstić information content (AvgIpc) is 2.17. The average molecular weight is 279 g/mol. The molecule has 0 saturated carbocycles. The second-order valence-electron chi connectivity index (χ2n) is 3.69. The van der Waals surface area contributed by atoms with Crippen LogP contribution in [0.3, 0.4) is 0 Å². The zero-order valence-corrected chi connectivity index (χ0v) is 10.4. The molecule has 2 N–H and O–H groups in total. The molecule has 1 aliphatic rings. The first kappa shape index (κ1) is 12.8. The summed E-state index contributed by atoms with van der Waals surface area (Å²) in [6.07, 6.45) is 1.34. The molecule has 0 aliphatic carbocycles. The van der Waals surface area contributed by atoms with Crippen LogP contribution in [0.4, 0.5) is 0 Å². The van der Waals surface area contributed by atoms with Gasteiger partial charge >= 0.3 is 0 Å². The molecule has 1 heterocycles. The van der Waals surface area contributed by atoms with Gasteiger partial charge in [0.25, 0.3) is 6.71 Å². The Hall–Kier alpha value is -1.28. The molecular weight excluding hydrogens is 267 g/mol. The molecule has 0 radical (unpaired) electrons. The smallest absolute Gasteiger partial charge is 0.269 e. The molecule has 0 aromatic heterocycles. The minimum Gasteiger partial charge on any atom is -0.369 e. The van der Waals surface area contributed by atoms with E-state index in [0.717, 1.165) is 4.47 Å². The van der Waals surface area contributed by atoms with Gasteiger partial charge in [0.1, 0.15) is 0 Å². The van der Waals surface area contributed by atoms with Gasteiger partial charge in [-0.2, -0.15) is 0 Å². The number of nitrogens with zero attached hydrogens (tertiary/aromatic N) is 1. The zero-order valence-electron chi connectivity index (χ0n) is 8.77. The largest absolute Gasteiger partial charge is 0.369 e. The SMILES string of the molecule is Brc1ccccc1.N#CB1CC(C(N)=O)C1. The van der Waals surface area contributed by atoms with Gasteiger partial charge in [-0.25, -0.2) is 5.26 Å². The number of carbonyl (C=O) groups is 1. The Kier molecular flexibility index (Phi) is 5.07. The molecule has 1 aromatic rings. The lowest BCUT2D eigenvalue weighted by atomic mass is 9.32. The summed E-state index contributed by atoms with van der Waals surface area (Å²) >= 11 is 3.31. The third kappa shape index (κ3) is 4.07. The highest BCUT2D eigenvalue weighted by atomic mass is 79.9. The minimum absolute atomic E-state index is 0.0188. The lowest BCUT2D eigenvalue weighted by Crippen LogP contribution is -2.38. The van der Waals surface area contributed by atoms with E-state index in [1.54, 1.807) is 0 Å². The molecule has 0 atom stereocenters. The summed E-state index contributed by atoms with van der Waals surface area (Å²) in [6, 6.07) is 9.97. The van der Waals surface area contributed by atoms with E-state index in [0.29, 0.717) is 12.6 Å². The lowest BCUT2D eigenvalue weighted by Gasteiger charge is -2.24. The Bertz CT molecular complexity index is 385. The van der Waals surface area contributed by atoms with Gasteiger partial charge in [0.15, 0.2) is 0 Å². The van der Waals surface area contributed by atoms with Gasteiger partial charge < -0.3 is 5.73 Å². The van der Waals surface area contributed by atoms with Gasteiger partial charge in [-0.05, 0) is 24.8 Å². The Morgan fingerprint density at radius 2 is 2.00 bits per heavy atom. The van der Waals surface area contributed by atoms with Crippen LogP contribution in [0.5, 0.6) is 0 Å². The number of carbonyl (C=O) groups excluding carboxylic acids is 1. The van der Waals surface area contributed by atoms with Crippen LogP contribution in [-0.4, -0.2) is 12.6 Å². The van der Waals surface area contributed by atoms with Gasteiger partial charge in [0, 0.05) is 16.4 Å². The first-order chi connectivity index (χ1) is 7.63. The molecule has 0 spiro atoms. The predicted octanol–water partition coefficient (Wildman–Crippen LogP) is 2.11. The van der Waals surface area contributed by atoms with Crippen LogP contribution >= 0.6 is 15.9 Å². The number of rotatable bonds is 1. The molecule has 1 saturated heterocycles. The Balaban J connectivity index is 0.000000165. The third-order valence-electron chi connectivity index (χ3n) is 2.46. The van der Waals surface area contributed by atoms with E-state index in [-0.39, 0.29) is 18.5 Å². The molecule has 1 aromatic carbocycles. The summed E-state index contributed by atoms with van der Waals surface area (Å²) in [6.45, 7) is 0.0856. The number of amides is 1. The number of halogens is 1. The summed E-state index contributed by atoms with van der Waals surface area (Å²) < 4.78 is 1.13. The van der Waals surface area contributed by atoms with Crippen molar-refractivity contribution in [3.8, 4) is 5.97 Å². The molecule has 5 heteroatoms.